The van der Waals surface area contributed by atoms with Gasteiger partial charge in [-0.25, -0.2) is 4.79 Å². The highest BCUT2D eigenvalue weighted by Crippen LogP contribution is 2.16. The number of carbonyl (C=O) groups is 2. The molecule has 5 heteroatoms. The van der Waals surface area contributed by atoms with Crippen molar-refractivity contribution in [2.24, 2.45) is 0 Å². The topological polar surface area (TPSA) is 49.9 Å². The fraction of sp³-hybridized carbons (Fsp3) is 0.263. The van der Waals surface area contributed by atoms with Crippen LogP contribution >= 0.6 is 0 Å². The molecule has 0 aliphatic heterocycles. The van der Waals surface area contributed by atoms with E-state index in [1.165, 1.54) is 4.90 Å². The lowest BCUT2D eigenvalue weighted by molar-refractivity contribution is -0.126. The Morgan fingerprint density at radius 2 is 1.54 bits per heavy atom. The number of carbonyl (C=O) groups excluding carboxylic acids is 2. The number of nitrogens with zero attached hydrogens (tertiary/aromatic N) is 2. The molecule has 1 atom stereocenters. The van der Waals surface area contributed by atoms with Crippen molar-refractivity contribution < 1.29 is 14.3 Å². The van der Waals surface area contributed by atoms with Crippen LogP contribution in [0.3, 0.4) is 0 Å². The number of hydrogen-bond donors (Lipinski definition) is 0. The second kappa shape index (κ2) is 7.64. The van der Waals surface area contributed by atoms with Crippen LogP contribution in [0.1, 0.15) is 17.3 Å². The number of benzene rings is 2. The molecule has 2 aromatic carbocycles. The maximum absolute atomic E-state index is 12.4. The van der Waals surface area contributed by atoms with Crippen molar-refractivity contribution in [3.63, 3.8) is 0 Å². The molecule has 0 aromatic heterocycles. The molecule has 0 spiro atoms. The summed E-state index contributed by atoms with van der Waals surface area (Å²) in [5, 5.41) is 0. The van der Waals surface area contributed by atoms with Gasteiger partial charge in [-0.05, 0) is 37.3 Å². The van der Waals surface area contributed by atoms with E-state index >= 15 is 0 Å². The van der Waals surface area contributed by atoms with E-state index in [4.69, 9.17) is 4.74 Å². The standard InChI is InChI=1S/C19H22N2O3/c1-14(18(22)21(4)16-10-6-5-7-11-16)24-19(23)15-9-8-12-17(13-15)20(2)3/h5-14H,1-4H3/t14-/m0/s1. The second-order valence-electron chi connectivity index (χ2n) is 5.73. The van der Waals surface area contributed by atoms with Crippen LogP contribution in [-0.4, -0.2) is 39.1 Å². The Morgan fingerprint density at radius 3 is 2.17 bits per heavy atom. The van der Waals surface area contributed by atoms with Gasteiger partial charge in [0.2, 0.25) is 0 Å². The van der Waals surface area contributed by atoms with Gasteiger partial charge in [-0.15, -0.1) is 0 Å². The van der Waals surface area contributed by atoms with E-state index in [9.17, 15) is 9.59 Å². The number of anilines is 2. The zero-order valence-electron chi connectivity index (χ0n) is 14.4. The molecule has 1 amide bonds. The van der Waals surface area contributed by atoms with Crippen LogP contribution in [0.25, 0.3) is 0 Å². The molecule has 0 aliphatic rings. The number of esters is 1. The Bertz CT molecular complexity index is 714. The first-order valence-electron chi connectivity index (χ1n) is 7.71. The fourth-order valence-electron chi connectivity index (χ4n) is 2.24. The van der Waals surface area contributed by atoms with E-state index < -0.39 is 12.1 Å². The van der Waals surface area contributed by atoms with Gasteiger partial charge < -0.3 is 14.5 Å². The number of para-hydroxylation sites is 1. The third-order valence-electron chi connectivity index (χ3n) is 3.70. The summed E-state index contributed by atoms with van der Waals surface area (Å²) in [6, 6.07) is 16.3. The number of ether oxygens (including phenoxy) is 1. The highest BCUT2D eigenvalue weighted by Gasteiger charge is 2.23. The molecule has 0 heterocycles. The van der Waals surface area contributed by atoms with Gasteiger partial charge in [0.05, 0.1) is 5.56 Å². The third-order valence-corrected chi connectivity index (χ3v) is 3.70. The number of amides is 1. The summed E-state index contributed by atoms with van der Waals surface area (Å²) in [4.78, 5) is 28.1. The van der Waals surface area contributed by atoms with Gasteiger partial charge in [0.25, 0.3) is 5.91 Å². The van der Waals surface area contributed by atoms with Crippen molar-refractivity contribution in [1.82, 2.24) is 0 Å². The van der Waals surface area contributed by atoms with Crippen LogP contribution in [0.2, 0.25) is 0 Å². The van der Waals surface area contributed by atoms with Gasteiger partial charge in [-0.2, -0.15) is 0 Å². The van der Waals surface area contributed by atoms with Gasteiger partial charge in [0.1, 0.15) is 0 Å². The van der Waals surface area contributed by atoms with Gasteiger partial charge >= 0.3 is 5.97 Å². The molecule has 126 valence electrons. The first kappa shape index (κ1) is 17.5. The SMILES string of the molecule is C[C@H](OC(=O)c1cccc(N(C)C)c1)C(=O)N(C)c1ccccc1. The van der Waals surface area contributed by atoms with Crippen LogP contribution in [-0.2, 0) is 9.53 Å². The molecule has 0 bridgehead atoms. The molecule has 0 saturated carbocycles. The molecule has 24 heavy (non-hydrogen) atoms. The third kappa shape index (κ3) is 4.13. The molecule has 0 fully saturated rings. The molecular weight excluding hydrogens is 304 g/mol. The van der Waals surface area contributed by atoms with Gasteiger partial charge in [-0.1, -0.05) is 24.3 Å². The summed E-state index contributed by atoms with van der Waals surface area (Å²) in [7, 11) is 5.45. The molecule has 0 saturated heterocycles. The number of rotatable bonds is 5. The van der Waals surface area contributed by atoms with Crippen molar-refractivity contribution in [3.05, 3.63) is 60.2 Å². The van der Waals surface area contributed by atoms with Crippen molar-refractivity contribution in [1.29, 1.82) is 0 Å². The monoisotopic (exact) mass is 326 g/mol. The lowest BCUT2D eigenvalue weighted by Gasteiger charge is -2.21. The zero-order valence-corrected chi connectivity index (χ0v) is 14.4. The smallest absolute Gasteiger partial charge is 0.338 e. The fourth-order valence-corrected chi connectivity index (χ4v) is 2.24. The second-order valence-corrected chi connectivity index (χ2v) is 5.73. The minimum Gasteiger partial charge on any atom is -0.449 e. The Hall–Kier alpha value is -2.82. The summed E-state index contributed by atoms with van der Waals surface area (Å²) in [5.41, 5.74) is 2.06. The van der Waals surface area contributed by atoms with Crippen LogP contribution < -0.4 is 9.80 Å². The van der Waals surface area contributed by atoms with Crippen LogP contribution in [0.15, 0.2) is 54.6 Å². The van der Waals surface area contributed by atoms with E-state index in [1.54, 1.807) is 32.2 Å². The Labute approximate surface area is 142 Å². The number of likely N-dealkylation sites (N-methyl/N-ethyl adjacent to an activating group) is 1. The Kier molecular flexibility index (Phi) is 5.58. The number of hydrogen-bond acceptors (Lipinski definition) is 4. The molecule has 2 aromatic rings. The summed E-state index contributed by atoms with van der Waals surface area (Å²) in [5.74, 6) is -0.792. The van der Waals surface area contributed by atoms with Crippen molar-refractivity contribution in [3.8, 4) is 0 Å². The first-order chi connectivity index (χ1) is 11.4. The highest BCUT2D eigenvalue weighted by molar-refractivity contribution is 5.98. The minimum atomic E-state index is -0.870. The van der Waals surface area contributed by atoms with Crippen molar-refractivity contribution in [2.45, 2.75) is 13.0 Å². The molecule has 0 unspecified atom stereocenters. The van der Waals surface area contributed by atoms with Gasteiger partial charge in [-0.3, -0.25) is 4.79 Å². The maximum atomic E-state index is 12.4. The summed E-state index contributed by atoms with van der Waals surface area (Å²) < 4.78 is 5.33. The molecular formula is C19H22N2O3. The average molecular weight is 326 g/mol. The maximum Gasteiger partial charge on any atom is 0.338 e. The van der Waals surface area contributed by atoms with E-state index in [2.05, 4.69) is 0 Å². The molecule has 0 aliphatic carbocycles. The lowest BCUT2D eigenvalue weighted by Crippen LogP contribution is -2.37. The highest BCUT2D eigenvalue weighted by atomic mass is 16.5. The first-order valence-corrected chi connectivity index (χ1v) is 7.71. The predicted molar refractivity (Wildman–Crippen MR) is 95.5 cm³/mol. The van der Waals surface area contributed by atoms with E-state index in [-0.39, 0.29) is 5.91 Å². The summed E-state index contributed by atoms with van der Waals surface area (Å²) in [6.07, 6.45) is -0.870. The summed E-state index contributed by atoms with van der Waals surface area (Å²) >= 11 is 0. The van der Waals surface area contributed by atoms with E-state index in [0.717, 1.165) is 11.4 Å². The molecule has 5 nitrogen and oxygen atoms in total. The zero-order chi connectivity index (χ0) is 17.7. The molecule has 0 N–H and O–H groups in total. The van der Waals surface area contributed by atoms with E-state index in [0.29, 0.717) is 5.56 Å². The molecule has 2 rings (SSSR count). The van der Waals surface area contributed by atoms with Gasteiger partial charge in [0, 0.05) is 32.5 Å². The van der Waals surface area contributed by atoms with E-state index in [1.807, 2.05) is 55.4 Å². The van der Waals surface area contributed by atoms with Gasteiger partial charge in [0.15, 0.2) is 6.10 Å². The normalized spacial score (nSPS) is 11.5. The largest absolute Gasteiger partial charge is 0.449 e. The quantitative estimate of drug-likeness (QED) is 0.793. The Balaban J connectivity index is 2.06. The Morgan fingerprint density at radius 1 is 0.917 bits per heavy atom. The van der Waals surface area contributed by atoms with Crippen LogP contribution in [0.5, 0.6) is 0 Å². The van der Waals surface area contributed by atoms with Crippen LogP contribution in [0, 0.1) is 0 Å². The summed E-state index contributed by atoms with van der Waals surface area (Å²) in [6.45, 7) is 1.58. The average Bonchev–Trinajstić information content (AvgIpc) is 2.61. The van der Waals surface area contributed by atoms with Crippen molar-refractivity contribution in [2.75, 3.05) is 30.9 Å². The van der Waals surface area contributed by atoms with Crippen LogP contribution in [0.4, 0.5) is 11.4 Å². The lowest BCUT2D eigenvalue weighted by atomic mass is 10.2. The predicted octanol–water partition coefficient (Wildman–Crippen LogP) is 2.96. The molecule has 0 radical (unpaired) electrons. The minimum absolute atomic E-state index is 0.279. The van der Waals surface area contributed by atoms with Crippen molar-refractivity contribution >= 4 is 23.3 Å².